The van der Waals surface area contributed by atoms with Crippen molar-refractivity contribution in [3.63, 3.8) is 0 Å². The van der Waals surface area contributed by atoms with Gasteiger partial charge in [-0.2, -0.15) is 0 Å². The van der Waals surface area contributed by atoms with Crippen molar-refractivity contribution in [1.82, 2.24) is 0 Å². The third kappa shape index (κ3) is 13.8. The molecule has 0 aliphatic carbocycles. The Balaban J connectivity index is 0.000000188. The molecule has 0 bridgehead atoms. The first-order chi connectivity index (χ1) is 32.0. The Hall–Kier alpha value is -6.48. The van der Waals surface area contributed by atoms with Crippen LogP contribution in [0, 0.1) is 0 Å². The van der Waals surface area contributed by atoms with Crippen LogP contribution in [0.15, 0.2) is 262 Å². The van der Waals surface area contributed by atoms with E-state index < -0.39 is 0 Å². The van der Waals surface area contributed by atoms with Crippen molar-refractivity contribution in [1.29, 1.82) is 0 Å². The first kappa shape index (κ1) is 47.5. The lowest BCUT2D eigenvalue weighted by Crippen LogP contribution is -2.14. The lowest BCUT2D eigenvalue weighted by Gasteiger charge is -2.30. The van der Waals surface area contributed by atoms with E-state index in [1.165, 1.54) is 20.9 Å². The van der Waals surface area contributed by atoms with Gasteiger partial charge in [0.1, 0.15) is 0 Å². The van der Waals surface area contributed by atoms with Gasteiger partial charge in [0.15, 0.2) is 0 Å². The second-order valence-electron chi connectivity index (χ2n) is 15.0. The molecule has 0 atom stereocenters. The molecule has 7 heteroatoms. The van der Waals surface area contributed by atoms with Gasteiger partial charge in [0.2, 0.25) is 0 Å². The number of thiophene rings is 2. The highest BCUT2D eigenvalue weighted by Gasteiger charge is 2.19. The van der Waals surface area contributed by atoms with Crippen LogP contribution in [0.4, 0.5) is 45.5 Å². The van der Waals surface area contributed by atoms with Crippen molar-refractivity contribution in [2.24, 2.45) is 0 Å². The summed E-state index contributed by atoms with van der Waals surface area (Å²) in [6.45, 7) is 0. The van der Waals surface area contributed by atoms with Gasteiger partial charge < -0.3 is 15.1 Å². The standard InChI is InChI=1S/C35H28N2S.C12H11N.C11H8Br2S.CH4/c1-5-14-29(15-6-1)36(30-16-7-2-8-17-30)33-24-28(26-35-22-13-23-38-35)25-34(27-33)37(31-18-9-3-10-19-31)32-20-11-4-12-21-32;1-3-7-11(8-4-1)13-12-9-5-2-6-10-12;12-9-4-8(5-10(13)7-9)6-11-2-1-3-14-11;/h1-25,27H,26H2;1-10,13H;1-5,7H,6H2;1H4. The highest BCUT2D eigenvalue weighted by Crippen LogP contribution is 2.41. The Morgan fingerprint density at radius 2 is 0.652 bits per heavy atom. The molecule has 0 spiro atoms. The van der Waals surface area contributed by atoms with Crippen LogP contribution >= 0.6 is 54.5 Å². The average Bonchev–Trinajstić information content (AvgIpc) is 4.07. The minimum Gasteiger partial charge on any atom is -0.356 e. The van der Waals surface area contributed by atoms with Crippen LogP contribution in [-0.4, -0.2) is 0 Å². The zero-order valence-electron chi connectivity index (χ0n) is 35.6. The van der Waals surface area contributed by atoms with Crippen LogP contribution < -0.4 is 15.1 Å². The highest BCUT2D eigenvalue weighted by atomic mass is 79.9. The minimum absolute atomic E-state index is 0. The molecule has 2 aromatic heterocycles. The van der Waals surface area contributed by atoms with Gasteiger partial charge in [-0.25, -0.2) is 0 Å². The van der Waals surface area contributed by atoms with Crippen LogP contribution in [0.1, 0.15) is 28.3 Å². The van der Waals surface area contributed by atoms with Crippen molar-refractivity contribution < 1.29 is 0 Å². The van der Waals surface area contributed by atoms with Gasteiger partial charge in [-0.3, -0.25) is 0 Å². The monoisotopic (exact) mass is 1020 g/mol. The molecule has 10 rings (SSSR count). The Labute approximate surface area is 415 Å². The van der Waals surface area contributed by atoms with Gasteiger partial charge in [-0.1, -0.05) is 161 Å². The molecule has 2 heterocycles. The Morgan fingerprint density at radius 1 is 0.333 bits per heavy atom. The fourth-order valence-corrected chi connectivity index (χ4v) is 10.2. The van der Waals surface area contributed by atoms with Gasteiger partial charge in [0.25, 0.3) is 0 Å². The van der Waals surface area contributed by atoms with E-state index in [2.05, 4.69) is 240 Å². The predicted octanol–water partition coefficient (Wildman–Crippen LogP) is 19.2. The zero-order valence-corrected chi connectivity index (χ0v) is 40.4. The summed E-state index contributed by atoms with van der Waals surface area (Å²) in [5.41, 5.74) is 11.6. The molecule has 0 saturated heterocycles. The number of anilines is 8. The maximum atomic E-state index is 3.49. The molecule has 3 nitrogen and oxygen atoms in total. The van der Waals surface area contributed by atoms with Crippen molar-refractivity contribution in [2.75, 3.05) is 15.1 Å². The summed E-state index contributed by atoms with van der Waals surface area (Å²) in [7, 11) is 0. The molecule has 8 aromatic carbocycles. The van der Waals surface area contributed by atoms with Gasteiger partial charge in [0, 0.05) is 77.0 Å². The molecule has 1 N–H and O–H groups in total. The Kier molecular flexibility index (Phi) is 17.8. The smallest absolute Gasteiger partial charge is 0.0485 e. The normalized spacial score (nSPS) is 10.3. The van der Waals surface area contributed by atoms with Crippen LogP contribution in [0.3, 0.4) is 0 Å². The molecule has 0 saturated carbocycles. The lowest BCUT2D eigenvalue weighted by atomic mass is 10.1. The first-order valence-electron chi connectivity index (χ1n) is 21.4. The van der Waals surface area contributed by atoms with Gasteiger partial charge in [-0.05, 0) is 143 Å². The molecule has 0 amide bonds. The van der Waals surface area contributed by atoms with Gasteiger partial charge >= 0.3 is 0 Å². The fraction of sp³-hybridized carbons (Fsp3) is 0.0508. The summed E-state index contributed by atoms with van der Waals surface area (Å²) in [5.74, 6) is 0. The zero-order chi connectivity index (χ0) is 44.5. The predicted molar refractivity (Wildman–Crippen MR) is 295 cm³/mol. The number of nitrogens with one attached hydrogen (secondary N) is 1. The van der Waals surface area contributed by atoms with Gasteiger partial charge in [0.05, 0.1) is 0 Å². The van der Waals surface area contributed by atoms with Crippen LogP contribution in [0.2, 0.25) is 0 Å². The van der Waals surface area contributed by atoms with E-state index >= 15 is 0 Å². The molecular weight excluding hydrogens is 975 g/mol. The summed E-state index contributed by atoms with van der Waals surface area (Å²) in [4.78, 5) is 7.44. The summed E-state index contributed by atoms with van der Waals surface area (Å²) in [6, 6.07) is 84.7. The lowest BCUT2D eigenvalue weighted by molar-refractivity contribution is 1.19. The maximum absolute atomic E-state index is 3.49. The second-order valence-corrected chi connectivity index (χ2v) is 18.9. The summed E-state index contributed by atoms with van der Waals surface area (Å²) in [5, 5.41) is 7.57. The second kappa shape index (κ2) is 24.7. The summed E-state index contributed by atoms with van der Waals surface area (Å²) < 4.78 is 2.25. The number of hydrogen-bond acceptors (Lipinski definition) is 5. The quantitative estimate of drug-likeness (QED) is 0.132. The third-order valence-corrected chi connectivity index (χ3v) is 12.9. The molecular formula is C59H51Br2N3S2. The fourth-order valence-electron chi connectivity index (χ4n) is 7.37. The molecule has 0 unspecified atom stereocenters. The average molecular weight is 1030 g/mol. The number of hydrogen-bond donors (Lipinski definition) is 1. The van der Waals surface area contributed by atoms with Crippen molar-refractivity contribution in [3.8, 4) is 0 Å². The Morgan fingerprint density at radius 3 is 0.970 bits per heavy atom. The number of rotatable bonds is 12. The van der Waals surface area contributed by atoms with Crippen molar-refractivity contribution in [2.45, 2.75) is 20.3 Å². The van der Waals surface area contributed by atoms with Gasteiger partial charge in [-0.15, -0.1) is 22.7 Å². The number of nitrogens with zero attached hydrogens (tertiary/aromatic N) is 2. The number of halogens is 2. The SMILES string of the molecule is Brc1cc(Br)cc(Cc2cccs2)c1.C.c1ccc(N(c2ccccc2)c2cc(Cc3cccs3)cc(N(c3ccccc3)c3ccccc3)c2)cc1.c1ccc(Nc2ccccc2)cc1. The largest absolute Gasteiger partial charge is 0.356 e. The summed E-state index contributed by atoms with van der Waals surface area (Å²) >= 11 is 10.6. The number of benzene rings is 8. The molecule has 66 heavy (non-hydrogen) atoms. The van der Waals surface area contributed by atoms with E-state index in [9.17, 15) is 0 Å². The van der Waals surface area contributed by atoms with Crippen LogP contribution in [0.25, 0.3) is 0 Å². The topological polar surface area (TPSA) is 18.5 Å². The van der Waals surface area contributed by atoms with E-state index in [0.29, 0.717) is 0 Å². The Bertz CT molecular complexity index is 2660. The van der Waals surface area contributed by atoms with E-state index in [4.69, 9.17) is 0 Å². The van der Waals surface area contributed by atoms with Crippen LogP contribution in [0.5, 0.6) is 0 Å². The minimum atomic E-state index is 0. The van der Waals surface area contributed by atoms with Crippen molar-refractivity contribution in [3.05, 3.63) is 283 Å². The third-order valence-electron chi connectivity index (χ3n) is 10.2. The van der Waals surface area contributed by atoms with E-state index in [1.54, 1.807) is 22.7 Å². The van der Waals surface area contributed by atoms with E-state index in [0.717, 1.165) is 67.3 Å². The van der Waals surface area contributed by atoms with E-state index in [-0.39, 0.29) is 7.43 Å². The molecule has 328 valence electrons. The molecule has 0 aliphatic heterocycles. The molecule has 0 radical (unpaired) electrons. The molecule has 0 fully saturated rings. The molecule has 10 aromatic rings. The first-order valence-corrected chi connectivity index (χ1v) is 24.7. The van der Waals surface area contributed by atoms with Crippen molar-refractivity contribution >= 4 is 100 Å². The van der Waals surface area contributed by atoms with Crippen LogP contribution in [-0.2, 0) is 12.8 Å². The molecule has 0 aliphatic rings. The number of para-hydroxylation sites is 6. The highest BCUT2D eigenvalue weighted by molar-refractivity contribution is 9.11. The maximum Gasteiger partial charge on any atom is 0.0485 e. The van der Waals surface area contributed by atoms with E-state index in [1.807, 2.05) is 60.7 Å². The summed E-state index contributed by atoms with van der Waals surface area (Å²) in [6.07, 6.45) is 1.89.